The van der Waals surface area contributed by atoms with Crippen LogP contribution in [0.2, 0.25) is 0 Å². The van der Waals surface area contributed by atoms with Crippen molar-refractivity contribution in [1.29, 1.82) is 5.26 Å². The molecule has 3 fully saturated rings. The molecular weight excluding hydrogens is 350 g/mol. The van der Waals surface area contributed by atoms with Gasteiger partial charge in [-0.1, -0.05) is 0 Å². The first kappa shape index (κ1) is 16.1. The Labute approximate surface area is 153 Å². The van der Waals surface area contributed by atoms with Crippen LogP contribution in [0.4, 0.5) is 14.6 Å². The van der Waals surface area contributed by atoms with E-state index in [0.717, 1.165) is 18.9 Å². The fraction of sp³-hybridized carbons (Fsp3) is 0.316. The molecule has 136 valence electrons. The average molecular weight is 366 g/mol. The van der Waals surface area contributed by atoms with E-state index in [1.165, 1.54) is 6.42 Å². The smallest absolute Gasteiger partial charge is 0.281 e. The third kappa shape index (κ3) is 2.54. The molecule has 6 rings (SSSR count). The van der Waals surface area contributed by atoms with Gasteiger partial charge < -0.3 is 15.2 Å². The molecule has 0 radical (unpaired) electrons. The number of hydrogen-bond donors (Lipinski definition) is 2. The molecule has 2 bridgehead atoms. The Morgan fingerprint density at radius 2 is 2.00 bits per heavy atom. The molecule has 3 aliphatic rings. The number of piperazine rings is 1. The number of nitriles is 1. The predicted molar refractivity (Wildman–Crippen MR) is 96.5 cm³/mol. The van der Waals surface area contributed by atoms with Crippen molar-refractivity contribution in [2.24, 2.45) is 0 Å². The molecule has 3 aliphatic heterocycles. The minimum absolute atomic E-state index is 0.102. The van der Waals surface area contributed by atoms with Crippen molar-refractivity contribution < 1.29 is 8.78 Å². The fourth-order valence-corrected chi connectivity index (χ4v) is 4.09. The van der Waals surface area contributed by atoms with E-state index in [-0.39, 0.29) is 5.56 Å². The zero-order chi connectivity index (χ0) is 18.5. The number of aromatic nitrogens is 3. The molecule has 2 atom stereocenters. The lowest BCUT2D eigenvalue weighted by molar-refractivity contribution is 0.146. The second-order valence-corrected chi connectivity index (χ2v) is 7.01. The zero-order valence-corrected chi connectivity index (χ0v) is 14.3. The highest BCUT2D eigenvalue weighted by Crippen LogP contribution is 2.36. The number of anilines is 1. The number of pyridine rings is 2. The highest BCUT2D eigenvalue weighted by Gasteiger charge is 2.36. The Hall–Kier alpha value is -3.05. The van der Waals surface area contributed by atoms with Gasteiger partial charge in [0.25, 0.3) is 6.43 Å². The Morgan fingerprint density at radius 3 is 2.63 bits per heavy atom. The molecule has 6 heterocycles. The van der Waals surface area contributed by atoms with E-state index in [1.807, 2.05) is 18.2 Å². The number of rotatable bonds is 3. The molecule has 27 heavy (non-hydrogen) atoms. The van der Waals surface area contributed by atoms with Crippen molar-refractivity contribution in [3.8, 4) is 17.2 Å². The van der Waals surface area contributed by atoms with Gasteiger partial charge in [0.1, 0.15) is 23.2 Å². The molecular formula is C19H16F2N6. The van der Waals surface area contributed by atoms with Crippen molar-refractivity contribution >= 4 is 16.9 Å². The molecule has 6 nitrogen and oxygen atoms in total. The van der Waals surface area contributed by atoms with E-state index >= 15 is 0 Å². The van der Waals surface area contributed by atoms with Gasteiger partial charge in [-0.15, -0.1) is 0 Å². The predicted octanol–water partition coefficient (Wildman–Crippen LogP) is 2.98. The number of H-pyrrole nitrogens is 1. The van der Waals surface area contributed by atoms with Gasteiger partial charge in [-0.25, -0.2) is 18.7 Å². The Kier molecular flexibility index (Phi) is 3.58. The Balaban J connectivity index is 1.59. The standard InChI is InChI=1S/C19H16F2N6/c20-18(21)17-14(6-22)16(13-3-4-23-19(13)26-17)10-1-2-15(24-7-10)27-8-11-5-12(9-27)25-11/h1-4,7,11-12,18,25H,5,8-9H2,(H,23,26). The highest BCUT2D eigenvalue weighted by atomic mass is 19.3. The zero-order valence-electron chi connectivity index (χ0n) is 14.3. The topological polar surface area (TPSA) is 80.6 Å². The molecule has 3 aromatic rings. The SMILES string of the molecule is N#Cc1c(C(F)F)nc2[nH]ccc2c1-c1ccc(N2CC3CC(C2)N3)nc1. The second-order valence-electron chi connectivity index (χ2n) is 7.01. The van der Waals surface area contributed by atoms with Gasteiger partial charge >= 0.3 is 0 Å². The van der Waals surface area contributed by atoms with Gasteiger partial charge in [-0.05, 0) is 24.6 Å². The third-order valence-corrected chi connectivity index (χ3v) is 5.33. The summed E-state index contributed by atoms with van der Waals surface area (Å²) in [6.45, 7) is 1.83. The summed E-state index contributed by atoms with van der Waals surface area (Å²) in [6, 6.07) is 8.42. The summed E-state index contributed by atoms with van der Waals surface area (Å²) in [4.78, 5) is 13.6. The van der Waals surface area contributed by atoms with E-state index < -0.39 is 12.1 Å². The van der Waals surface area contributed by atoms with Crippen LogP contribution in [-0.4, -0.2) is 40.1 Å². The largest absolute Gasteiger partial charge is 0.353 e. The monoisotopic (exact) mass is 366 g/mol. The number of piperidine rings is 1. The first-order valence-corrected chi connectivity index (χ1v) is 8.80. The highest BCUT2D eigenvalue weighted by molar-refractivity contribution is 5.96. The van der Waals surface area contributed by atoms with Gasteiger partial charge in [0.05, 0.1) is 5.56 Å². The van der Waals surface area contributed by atoms with E-state index in [4.69, 9.17) is 0 Å². The average Bonchev–Trinajstić information content (AvgIpc) is 3.14. The first-order chi connectivity index (χ1) is 13.1. The maximum Gasteiger partial charge on any atom is 0.281 e. The maximum atomic E-state index is 13.4. The van der Waals surface area contributed by atoms with Crippen LogP contribution >= 0.6 is 0 Å². The summed E-state index contributed by atoms with van der Waals surface area (Å²) in [5.74, 6) is 0.863. The maximum absolute atomic E-state index is 13.4. The minimum atomic E-state index is -2.83. The van der Waals surface area contributed by atoms with Crippen LogP contribution in [0, 0.1) is 11.3 Å². The number of nitrogens with zero attached hydrogens (tertiary/aromatic N) is 4. The van der Waals surface area contributed by atoms with E-state index in [2.05, 4.69) is 25.2 Å². The molecule has 3 aromatic heterocycles. The van der Waals surface area contributed by atoms with Gasteiger partial charge in [0.15, 0.2) is 0 Å². The number of nitrogens with one attached hydrogen (secondary N) is 2. The number of fused-ring (bicyclic) bond motifs is 3. The van der Waals surface area contributed by atoms with Gasteiger partial charge in [0.2, 0.25) is 0 Å². The summed E-state index contributed by atoms with van der Waals surface area (Å²) in [5.41, 5.74) is 0.806. The summed E-state index contributed by atoms with van der Waals surface area (Å²) >= 11 is 0. The van der Waals surface area contributed by atoms with Crippen LogP contribution in [0.3, 0.4) is 0 Å². The van der Waals surface area contributed by atoms with Gasteiger partial charge in [-0.3, -0.25) is 0 Å². The Morgan fingerprint density at radius 1 is 1.22 bits per heavy atom. The van der Waals surface area contributed by atoms with E-state index in [0.29, 0.717) is 34.2 Å². The van der Waals surface area contributed by atoms with Crippen LogP contribution in [-0.2, 0) is 0 Å². The van der Waals surface area contributed by atoms with E-state index in [1.54, 1.807) is 18.5 Å². The lowest BCUT2D eigenvalue weighted by Crippen LogP contribution is -2.67. The first-order valence-electron chi connectivity index (χ1n) is 8.80. The second kappa shape index (κ2) is 5.99. The number of aromatic amines is 1. The van der Waals surface area contributed by atoms with Crippen LogP contribution in [0.25, 0.3) is 22.2 Å². The van der Waals surface area contributed by atoms with Crippen molar-refractivity contribution in [2.75, 3.05) is 18.0 Å². The number of halogens is 2. The summed E-state index contributed by atoms with van der Waals surface area (Å²) in [6.07, 6.45) is 1.66. The molecule has 8 heteroatoms. The Bertz CT molecular complexity index is 1040. The normalized spacial score (nSPS) is 21.3. The van der Waals surface area contributed by atoms with E-state index in [9.17, 15) is 14.0 Å². The molecule has 0 spiro atoms. The van der Waals surface area contributed by atoms with Gasteiger partial charge in [-0.2, -0.15) is 5.26 Å². The molecule has 3 saturated heterocycles. The number of hydrogen-bond acceptors (Lipinski definition) is 5. The van der Waals surface area contributed by atoms with Crippen molar-refractivity contribution in [3.05, 3.63) is 41.9 Å². The van der Waals surface area contributed by atoms with Crippen molar-refractivity contribution in [1.82, 2.24) is 20.3 Å². The lowest BCUT2D eigenvalue weighted by atomic mass is 9.91. The summed E-state index contributed by atoms with van der Waals surface area (Å²) in [7, 11) is 0. The van der Waals surface area contributed by atoms with Crippen LogP contribution < -0.4 is 10.2 Å². The fourth-order valence-electron chi connectivity index (χ4n) is 4.09. The molecule has 0 amide bonds. The molecule has 0 aliphatic carbocycles. The lowest BCUT2D eigenvalue weighted by Gasteiger charge is -2.48. The minimum Gasteiger partial charge on any atom is -0.353 e. The van der Waals surface area contributed by atoms with Crippen LogP contribution in [0.5, 0.6) is 0 Å². The molecule has 2 unspecified atom stereocenters. The van der Waals surface area contributed by atoms with Gasteiger partial charge in [0, 0.05) is 54.1 Å². The third-order valence-electron chi connectivity index (χ3n) is 5.33. The quantitative estimate of drug-likeness (QED) is 0.745. The summed E-state index contributed by atoms with van der Waals surface area (Å²) in [5, 5.41) is 13.6. The summed E-state index contributed by atoms with van der Waals surface area (Å²) < 4.78 is 26.9. The molecule has 2 N–H and O–H groups in total. The van der Waals surface area contributed by atoms with Crippen LogP contribution in [0.1, 0.15) is 24.1 Å². The van der Waals surface area contributed by atoms with Crippen LogP contribution in [0.15, 0.2) is 30.6 Å². The van der Waals surface area contributed by atoms with Crippen molar-refractivity contribution in [3.63, 3.8) is 0 Å². The van der Waals surface area contributed by atoms with Crippen molar-refractivity contribution in [2.45, 2.75) is 24.9 Å². The molecule has 0 aromatic carbocycles. The number of alkyl halides is 2. The molecule has 0 saturated carbocycles.